The molecule has 0 unspecified atom stereocenters. The van der Waals surface area contributed by atoms with E-state index < -0.39 is 4.92 Å². The molecular formula is C27H31N3O4S. The van der Waals surface area contributed by atoms with Crippen LogP contribution in [-0.4, -0.2) is 32.6 Å². The first-order chi connectivity index (χ1) is 16.4. The molecular weight excluding hydrogens is 462 g/mol. The highest BCUT2D eigenvalue weighted by Crippen LogP contribution is 2.46. The predicted molar refractivity (Wildman–Crippen MR) is 141 cm³/mol. The Hall–Kier alpha value is -3.13. The van der Waals surface area contributed by atoms with Crippen molar-refractivity contribution in [2.75, 3.05) is 4.90 Å². The van der Waals surface area contributed by atoms with Crippen LogP contribution in [0.2, 0.25) is 0 Å². The van der Waals surface area contributed by atoms with Crippen molar-refractivity contribution in [3.63, 3.8) is 0 Å². The molecule has 0 aliphatic carbocycles. The number of rotatable bonds is 5. The standard InChI is InChI=1S/C27H31N3O4S/c1-16(2)29-23-10-17(3)20(12-22(23)18(4)14-27(29,5)6)13-24-25(31)28(26(32)35-24)15-19-8-7-9-21(11-19)30(33)34/h7-13,16,18H,14-15H2,1-6H3/b24-13-/t18-/m0/s1. The Balaban J connectivity index is 1.65. The number of fused-ring (bicyclic) bond motifs is 1. The van der Waals surface area contributed by atoms with Gasteiger partial charge in [-0.15, -0.1) is 0 Å². The van der Waals surface area contributed by atoms with Crippen LogP contribution in [0.15, 0.2) is 41.3 Å². The highest BCUT2D eigenvalue weighted by molar-refractivity contribution is 8.18. The number of imide groups is 1. The molecule has 0 aromatic heterocycles. The average molecular weight is 494 g/mol. The topological polar surface area (TPSA) is 83.8 Å². The first kappa shape index (κ1) is 25.0. The van der Waals surface area contributed by atoms with Crippen LogP contribution in [0.25, 0.3) is 6.08 Å². The van der Waals surface area contributed by atoms with Crippen LogP contribution >= 0.6 is 11.8 Å². The molecule has 0 N–H and O–H groups in total. The molecule has 8 heteroatoms. The van der Waals surface area contributed by atoms with Gasteiger partial charge >= 0.3 is 0 Å². The Bertz CT molecular complexity index is 1250. The molecule has 1 atom stereocenters. The fourth-order valence-electron chi connectivity index (χ4n) is 5.48. The minimum atomic E-state index is -0.487. The quantitative estimate of drug-likeness (QED) is 0.264. The third kappa shape index (κ3) is 4.72. The van der Waals surface area contributed by atoms with Gasteiger partial charge in [0.05, 0.1) is 16.4 Å². The van der Waals surface area contributed by atoms with Gasteiger partial charge in [-0.25, -0.2) is 0 Å². The van der Waals surface area contributed by atoms with E-state index in [1.165, 1.54) is 23.4 Å². The van der Waals surface area contributed by atoms with Gasteiger partial charge in [-0.3, -0.25) is 24.6 Å². The summed E-state index contributed by atoms with van der Waals surface area (Å²) in [5.41, 5.74) is 4.98. The number of nitro groups is 1. The number of aryl methyl sites for hydroxylation is 1. The number of nitrogens with zero attached hydrogens (tertiary/aromatic N) is 3. The molecule has 1 fully saturated rings. The van der Waals surface area contributed by atoms with Crippen molar-refractivity contribution in [1.29, 1.82) is 0 Å². The Morgan fingerprint density at radius 2 is 1.94 bits per heavy atom. The number of carbonyl (C=O) groups excluding carboxylic acids is 2. The Kier molecular flexibility index (Phi) is 6.53. The zero-order valence-corrected chi connectivity index (χ0v) is 21.8. The van der Waals surface area contributed by atoms with E-state index in [1.807, 2.05) is 6.92 Å². The van der Waals surface area contributed by atoms with E-state index in [2.05, 4.69) is 51.7 Å². The van der Waals surface area contributed by atoms with Crippen molar-refractivity contribution in [1.82, 2.24) is 4.90 Å². The number of benzene rings is 2. The molecule has 35 heavy (non-hydrogen) atoms. The molecule has 1 saturated heterocycles. The van der Waals surface area contributed by atoms with Crippen molar-refractivity contribution in [3.05, 3.63) is 73.7 Å². The van der Waals surface area contributed by atoms with E-state index in [0.717, 1.165) is 34.2 Å². The number of non-ortho nitro benzene ring substituents is 1. The van der Waals surface area contributed by atoms with Crippen LogP contribution < -0.4 is 4.90 Å². The molecule has 0 saturated carbocycles. The molecule has 7 nitrogen and oxygen atoms in total. The van der Waals surface area contributed by atoms with Crippen LogP contribution in [0, 0.1) is 17.0 Å². The minimum Gasteiger partial charge on any atom is -0.364 e. The lowest BCUT2D eigenvalue weighted by atomic mass is 9.78. The summed E-state index contributed by atoms with van der Waals surface area (Å²) < 4.78 is 0. The summed E-state index contributed by atoms with van der Waals surface area (Å²) in [5.74, 6) is -0.00620. The van der Waals surface area contributed by atoms with Gasteiger partial charge in [0.15, 0.2) is 0 Å². The number of hydrogen-bond donors (Lipinski definition) is 0. The summed E-state index contributed by atoms with van der Waals surface area (Å²) in [6, 6.07) is 10.7. The second kappa shape index (κ2) is 9.15. The lowest BCUT2D eigenvalue weighted by Gasteiger charge is -2.50. The van der Waals surface area contributed by atoms with Gasteiger partial charge in [0.2, 0.25) is 0 Å². The summed E-state index contributed by atoms with van der Waals surface area (Å²) in [6.07, 6.45) is 2.83. The maximum Gasteiger partial charge on any atom is 0.293 e. The third-order valence-corrected chi connectivity index (χ3v) is 7.71. The van der Waals surface area contributed by atoms with Gasteiger partial charge in [-0.1, -0.05) is 19.1 Å². The molecule has 2 aliphatic heterocycles. The summed E-state index contributed by atoms with van der Waals surface area (Å²) in [4.78, 5) is 40.3. The smallest absolute Gasteiger partial charge is 0.293 e. The summed E-state index contributed by atoms with van der Waals surface area (Å²) in [7, 11) is 0. The van der Waals surface area contributed by atoms with E-state index in [-0.39, 0.29) is 28.9 Å². The van der Waals surface area contributed by atoms with Gasteiger partial charge < -0.3 is 4.90 Å². The molecule has 4 rings (SSSR count). The summed E-state index contributed by atoms with van der Waals surface area (Å²) >= 11 is 0.913. The lowest BCUT2D eigenvalue weighted by Crippen LogP contribution is -2.51. The van der Waals surface area contributed by atoms with Crippen molar-refractivity contribution >= 4 is 40.4 Å². The zero-order valence-electron chi connectivity index (χ0n) is 21.0. The highest BCUT2D eigenvalue weighted by Gasteiger charge is 2.39. The van der Waals surface area contributed by atoms with Gasteiger partial charge in [-0.2, -0.15) is 0 Å². The number of anilines is 1. The molecule has 184 valence electrons. The van der Waals surface area contributed by atoms with Crippen molar-refractivity contribution < 1.29 is 14.5 Å². The second-order valence-electron chi connectivity index (χ2n) is 10.3. The molecule has 2 aromatic carbocycles. The monoisotopic (exact) mass is 493 g/mol. The van der Waals surface area contributed by atoms with Gasteiger partial charge in [0.25, 0.3) is 16.8 Å². The number of thioether (sulfide) groups is 1. The van der Waals surface area contributed by atoms with Crippen molar-refractivity contribution in [2.24, 2.45) is 0 Å². The molecule has 2 aliphatic rings. The van der Waals surface area contributed by atoms with Crippen LogP contribution in [0.4, 0.5) is 16.2 Å². The second-order valence-corrected chi connectivity index (χ2v) is 11.3. The zero-order chi connectivity index (χ0) is 25.7. The molecule has 2 aromatic rings. The van der Waals surface area contributed by atoms with Gasteiger partial charge in [0, 0.05) is 29.4 Å². The summed E-state index contributed by atoms with van der Waals surface area (Å²) in [6.45, 7) is 13.3. The van der Waals surface area contributed by atoms with Gasteiger partial charge in [0.1, 0.15) is 0 Å². The van der Waals surface area contributed by atoms with E-state index in [0.29, 0.717) is 22.4 Å². The van der Waals surface area contributed by atoms with Crippen LogP contribution in [0.1, 0.15) is 69.2 Å². The number of carbonyl (C=O) groups is 2. The van der Waals surface area contributed by atoms with E-state index >= 15 is 0 Å². The SMILES string of the molecule is Cc1cc2c(cc1/C=C1\SC(=O)N(Cc3cccc([N+](=O)[O-])c3)C1=O)[C@@H](C)CC(C)(C)N2C(C)C. The molecule has 2 amide bonds. The molecule has 0 radical (unpaired) electrons. The van der Waals surface area contributed by atoms with E-state index in [9.17, 15) is 19.7 Å². The Morgan fingerprint density at radius 1 is 1.23 bits per heavy atom. The minimum absolute atomic E-state index is 0.00230. The van der Waals surface area contributed by atoms with E-state index in [4.69, 9.17) is 0 Å². The highest BCUT2D eigenvalue weighted by atomic mass is 32.2. The van der Waals surface area contributed by atoms with Crippen LogP contribution in [0.5, 0.6) is 0 Å². The van der Waals surface area contributed by atoms with Gasteiger partial charge in [-0.05, 0) is 99.2 Å². The lowest BCUT2D eigenvalue weighted by molar-refractivity contribution is -0.384. The predicted octanol–water partition coefficient (Wildman–Crippen LogP) is 6.64. The fourth-order valence-corrected chi connectivity index (χ4v) is 6.30. The fraction of sp³-hybridized carbons (Fsp3) is 0.407. The largest absolute Gasteiger partial charge is 0.364 e. The molecule has 0 spiro atoms. The molecule has 2 heterocycles. The Morgan fingerprint density at radius 3 is 2.60 bits per heavy atom. The third-order valence-electron chi connectivity index (χ3n) is 6.80. The first-order valence-electron chi connectivity index (χ1n) is 11.8. The normalized spacial score (nSPS) is 20.7. The Labute approximate surface area is 210 Å². The van der Waals surface area contributed by atoms with Crippen molar-refractivity contribution in [3.8, 4) is 0 Å². The summed E-state index contributed by atoms with van der Waals surface area (Å²) in [5, 5.41) is 10.7. The molecule has 0 bridgehead atoms. The van der Waals surface area contributed by atoms with Crippen LogP contribution in [-0.2, 0) is 11.3 Å². The number of amides is 2. The first-order valence-corrected chi connectivity index (χ1v) is 12.6. The van der Waals surface area contributed by atoms with Crippen LogP contribution in [0.3, 0.4) is 0 Å². The maximum atomic E-state index is 13.1. The maximum absolute atomic E-state index is 13.1. The average Bonchev–Trinajstić information content (AvgIpc) is 3.01. The van der Waals surface area contributed by atoms with E-state index in [1.54, 1.807) is 18.2 Å². The van der Waals surface area contributed by atoms with Crippen molar-refractivity contribution in [2.45, 2.75) is 72.0 Å². The number of hydrogen-bond acceptors (Lipinski definition) is 6. The number of nitro benzene ring substituents is 1.